The molecule has 1 nitrogen and oxygen atoms in total. The van der Waals surface area contributed by atoms with Crippen molar-refractivity contribution in [2.45, 2.75) is 38.5 Å². The number of aliphatic hydroxyl groups excluding tert-OH is 1. The van der Waals surface area contributed by atoms with Crippen LogP contribution in [0.3, 0.4) is 0 Å². The second-order valence-corrected chi connectivity index (χ2v) is 4.30. The van der Waals surface area contributed by atoms with E-state index in [1.54, 1.807) is 0 Å². The van der Waals surface area contributed by atoms with Crippen LogP contribution in [-0.4, -0.2) is 11.7 Å². The average molecular weight is 154 g/mol. The Labute approximate surface area is 68.8 Å². The molecule has 0 saturated heterocycles. The van der Waals surface area contributed by atoms with Gasteiger partial charge in [-0.05, 0) is 56.3 Å². The predicted molar refractivity (Wildman–Crippen MR) is 45.3 cm³/mol. The van der Waals surface area contributed by atoms with E-state index >= 15 is 0 Å². The molecular formula is C10H18O. The zero-order valence-corrected chi connectivity index (χ0v) is 7.13. The van der Waals surface area contributed by atoms with E-state index in [4.69, 9.17) is 5.11 Å². The van der Waals surface area contributed by atoms with E-state index in [9.17, 15) is 0 Å². The van der Waals surface area contributed by atoms with E-state index in [0.717, 1.165) is 11.8 Å². The molecule has 0 spiro atoms. The van der Waals surface area contributed by atoms with Crippen molar-refractivity contribution in [1.29, 1.82) is 0 Å². The Hall–Kier alpha value is -0.0400. The van der Waals surface area contributed by atoms with Crippen LogP contribution < -0.4 is 0 Å². The third kappa shape index (κ3) is 1.76. The standard InChI is InChI=1S/C10H18O/c11-7-8-1-3-9(4-2-8)10-5-6-10/h8-11H,1-7H2/t8-,9+. The van der Waals surface area contributed by atoms with Crippen LogP contribution in [0, 0.1) is 17.8 Å². The van der Waals surface area contributed by atoms with Gasteiger partial charge in [-0.2, -0.15) is 0 Å². The maximum absolute atomic E-state index is 8.93. The van der Waals surface area contributed by atoms with Gasteiger partial charge in [0, 0.05) is 6.61 Å². The Kier molecular flexibility index (Phi) is 2.17. The minimum absolute atomic E-state index is 0.428. The molecule has 0 amide bonds. The van der Waals surface area contributed by atoms with Gasteiger partial charge in [0.15, 0.2) is 0 Å². The first kappa shape index (κ1) is 7.60. The maximum atomic E-state index is 8.93. The van der Waals surface area contributed by atoms with Crippen molar-refractivity contribution in [2.24, 2.45) is 17.8 Å². The summed E-state index contributed by atoms with van der Waals surface area (Å²) in [5.41, 5.74) is 0. The van der Waals surface area contributed by atoms with Gasteiger partial charge in [0.2, 0.25) is 0 Å². The second-order valence-electron chi connectivity index (χ2n) is 4.30. The highest BCUT2D eigenvalue weighted by Crippen LogP contribution is 2.44. The van der Waals surface area contributed by atoms with E-state index in [0.29, 0.717) is 12.5 Å². The molecule has 0 aliphatic heterocycles. The molecule has 64 valence electrons. The van der Waals surface area contributed by atoms with Crippen molar-refractivity contribution >= 4 is 0 Å². The molecular weight excluding hydrogens is 136 g/mol. The lowest BCUT2D eigenvalue weighted by Crippen LogP contribution is -2.18. The summed E-state index contributed by atoms with van der Waals surface area (Å²) in [7, 11) is 0. The fourth-order valence-corrected chi connectivity index (χ4v) is 2.41. The zero-order chi connectivity index (χ0) is 7.68. The normalized spacial score (nSPS) is 39.0. The van der Waals surface area contributed by atoms with E-state index in [1.165, 1.54) is 38.5 Å². The molecule has 0 aromatic heterocycles. The number of hydrogen-bond acceptors (Lipinski definition) is 1. The van der Waals surface area contributed by atoms with E-state index < -0.39 is 0 Å². The maximum Gasteiger partial charge on any atom is 0.0459 e. The van der Waals surface area contributed by atoms with E-state index in [2.05, 4.69) is 0 Å². The Morgan fingerprint density at radius 2 is 1.27 bits per heavy atom. The molecule has 2 fully saturated rings. The van der Waals surface area contributed by atoms with Crippen molar-refractivity contribution < 1.29 is 5.11 Å². The van der Waals surface area contributed by atoms with Crippen molar-refractivity contribution in [3.05, 3.63) is 0 Å². The summed E-state index contributed by atoms with van der Waals surface area (Å²) in [5.74, 6) is 2.78. The molecule has 2 saturated carbocycles. The molecule has 0 radical (unpaired) electrons. The van der Waals surface area contributed by atoms with Crippen LogP contribution in [-0.2, 0) is 0 Å². The van der Waals surface area contributed by atoms with Crippen LogP contribution in [0.15, 0.2) is 0 Å². The topological polar surface area (TPSA) is 20.2 Å². The van der Waals surface area contributed by atoms with Crippen LogP contribution >= 0.6 is 0 Å². The summed E-state index contributed by atoms with van der Waals surface area (Å²) < 4.78 is 0. The molecule has 0 heterocycles. The van der Waals surface area contributed by atoms with Crippen LogP contribution in [0.1, 0.15) is 38.5 Å². The van der Waals surface area contributed by atoms with Crippen molar-refractivity contribution in [3.8, 4) is 0 Å². The summed E-state index contributed by atoms with van der Waals surface area (Å²) >= 11 is 0. The Morgan fingerprint density at radius 1 is 0.818 bits per heavy atom. The quantitative estimate of drug-likeness (QED) is 0.646. The Balaban J connectivity index is 1.75. The summed E-state index contributed by atoms with van der Waals surface area (Å²) in [6.45, 7) is 0.428. The number of rotatable bonds is 2. The largest absolute Gasteiger partial charge is 0.396 e. The molecule has 1 N–H and O–H groups in total. The van der Waals surface area contributed by atoms with Crippen LogP contribution in [0.25, 0.3) is 0 Å². The lowest BCUT2D eigenvalue weighted by molar-refractivity contribution is 0.160. The van der Waals surface area contributed by atoms with E-state index in [-0.39, 0.29) is 0 Å². The third-order valence-electron chi connectivity index (χ3n) is 3.44. The minimum atomic E-state index is 0.428. The van der Waals surface area contributed by atoms with Gasteiger partial charge >= 0.3 is 0 Å². The molecule has 0 bridgehead atoms. The van der Waals surface area contributed by atoms with Crippen molar-refractivity contribution in [3.63, 3.8) is 0 Å². The smallest absolute Gasteiger partial charge is 0.0459 e. The van der Waals surface area contributed by atoms with E-state index in [1.807, 2.05) is 0 Å². The average Bonchev–Trinajstić information content (AvgIpc) is 2.87. The fourth-order valence-electron chi connectivity index (χ4n) is 2.41. The lowest BCUT2D eigenvalue weighted by atomic mass is 9.80. The van der Waals surface area contributed by atoms with Gasteiger partial charge in [0.1, 0.15) is 0 Å². The number of aliphatic hydroxyl groups is 1. The highest BCUT2D eigenvalue weighted by molar-refractivity contribution is 4.84. The first-order chi connectivity index (χ1) is 5.40. The third-order valence-corrected chi connectivity index (χ3v) is 3.44. The predicted octanol–water partition coefficient (Wildman–Crippen LogP) is 2.20. The first-order valence-corrected chi connectivity index (χ1v) is 5.01. The number of hydrogen-bond donors (Lipinski definition) is 1. The molecule has 2 aliphatic carbocycles. The highest BCUT2D eigenvalue weighted by Gasteiger charge is 2.33. The second kappa shape index (κ2) is 3.14. The molecule has 0 atom stereocenters. The SMILES string of the molecule is OC[C@H]1CC[C@@H](C2CC2)CC1. The summed E-state index contributed by atoms with van der Waals surface area (Å²) in [4.78, 5) is 0. The summed E-state index contributed by atoms with van der Waals surface area (Å²) in [5, 5.41) is 8.93. The van der Waals surface area contributed by atoms with Crippen molar-refractivity contribution in [1.82, 2.24) is 0 Å². The molecule has 2 rings (SSSR count). The van der Waals surface area contributed by atoms with Crippen LogP contribution in [0.4, 0.5) is 0 Å². The molecule has 0 aromatic rings. The summed E-state index contributed by atoms with van der Waals surface area (Å²) in [6.07, 6.45) is 8.37. The first-order valence-electron chi connectivity index (χ1n) is 5.01. The fraction of sp³-hybridized carbons (Fsp3) is 1.00. The van der Waals surface area contributed by atoms with Gasteiger partial charge in [0.25, 0.3) is 0 Å². The van der Waals surface area contributed by atoms with Gasteiger partial charge < -0.3 is 5.11 Å². The monoisotopic (exact) mass is 154 g/mol. The van der Waals surface area contributed by atoms with Crippen LogP contribution in [0.5, 0.6) is 0 Å². The summed E-state index contributed by atoms with van der Waals surface area (Å²) in [6, 6.07) is 0. The van der Waals surface area contributed by atoms with Crippen LogP contribution in [0.2, 0.25) is 0 Å². The van der Waals surface area contributed by atoms with Gasteiger partial charge in [0.05, 0.1) is 0 Å². The molecule has 2 aliphatic rings. The minimum Gasteiger partial charge on any atom is -0.396 e. The molecule has 0 unspecified atom stereocenters. The van der Waals surface area contributed by atoms with Gasteiger partial charge in [-0.1, -0.05) is 0 Å². The molecule has 11 heavy (non-hydrogen) atoms. The van der Waals surface area contributed by atoms with Crippen molar-refractivity contribution in [2.75, 3.05) is 6.61 Å². The Morgan fingerprint density at radius 3 is 1.64 bits per heavy atom. The lowest BCUT2D eigenvalue weighted by Gasteiger charge is -2.26. The molecule has 1 heteroatoms. The highest BCUT2D eigenvalue weighted by atomic mass is 16.3. The Bertz CT molecular complexity index is 121. The van der Waals surface area contributed by atoms with Gasteiger partial charge in [-0.15, -0.1) is 0 Å². The molecule has 0 aromatic carbocycles. The van der Waals surface area contributed by atoms with Gasteiger partial charge in [-0.25, -0.2) is 0 Å². The van der Waals surface area contributed by atoms with Gasteiger partial charge in [-0.3, -0.25) is 0 Å². The zero-order valence-electron chi connectivity index (χ0n) is 7.13.